The van der Waals surface area contributed by atoms with E-state index in [9.17, 15) is 4.79 Å². The first-order valence-electron chi connectivity index (χ1n) is 3.12. The Morgan fingerprint density at radius 3 is 2.90 bits per heavy atom. The van der Waals surface area contributed by atoms with E-state index in [4.69, 9.17) is 4.52 Å². The van der Waals surface area contributed by atoms with E-state index in [0.29, 0.717) is 5.76 Å². The number of aromatic nitrogens is 1. The molecule has 0 N–H and O–H groups in total. The van der Waals surface area contributed by atoms with Crippen LogP contribution in [0.5, 0.6) is 0 Å². The van der Waals surface area contributed by atoms with Crippen LogP contribution >= 0.6 is 0 Å². The average Bonchev–Trinajstić information content (AvgIpc) is 2.34. The third kappa shape index (κ3) is 1.23. The van der Waals surface area contributed by atoms with Crippen LogP contribution in [0.15, 0.2) is 10.6 Å². The van der Waals surface area contributed by atoms with Crippen molar-refractivity contribution in [2.24, 2.45) is 0 Å². The summed E-state index contributed by atoms with van der Waals surface area (Å²) in [5.74, 6) is 0.452. The molecular formula is C7H9NO2. The molecule has 1 heterocycles. The van der Waals surface area contributed by atoms with E-state index in [1.165, 1.54) is 0 Å². The van der Waals surface area contributed by atoms with Gasteiger partial charge in [0.1, 0.15) is 12.0 Å². The molecule has 1 aromatic heterocycles. The molecule has 1 unspecified atom stereocenters. The first-order valence-corrected chi connectivity index (χ1v) is 3.12. The maximum atomic E-state index is 10.2. The van der Waals surface area contributed by atoms with Crippen LogP contribution in [0.4, 0.5) is 0 Å². The molecule has 0 aliphatic rings. The van der Waals surface area contributed by atoms with Crippen molar-refractivity contribution in [3.8, 4) is 0 Å². The molecule has 0 radical (unpaired) electrons. The van der Waals surface area contributed by atoms with Gasteiger partial charge in [-0.2, -0.15) is 0 Å². The zero-order chi connectivity index (χ0) is 7.56. The van der Waals surface area contributed by atoms with Crippen LogP contribution in [0.25, 0.3) is 0 Å². The minimum absolute atomic E-state index is 0.179. The normalized spacial score (nSPS) is 13.0. The summed E-state index contributed by atoms with van der Waals surface area (Å²) < 4.78 is 4.84. The molecule has 0 aromatic carbocycles. The van der Waals surface area contributed by atoms with Crippen molar-refractivity contribution < 1.29 is 9.32 Å². The molecule has 1 aromatic rings. The van der Waals surface area contributed by atoms with Crippen LogP contribution in [0.2, 0.25) is 0 Å². The molecule has 0 spiro atoms. The molecular weight excluding hydrogens is 130 g/mol. The zero-order valence-corrected chi connectivity index (χ0v) is 6.00. The fourth-order valence-electron chi connectivity index (χ4n) is 0.665. The monoisotopic (exact) mass is 139 g/mol. The Bertz CT molecular complexity index is 229. The van der Waals surface area contributed by atoms with E-state index in [0.717, 1.165) is 12.0 Å². The highest BCUT2D eigenvalue weighted by Crippen LogP contribution is 2.12. The number of rotatable bonds is 2. The Balaban J connectivity index is 2.84. The third-order valence-electron chi connectivity index (χ3n) is 1.30. The molecule has 1 atom stereocenters. The largest absolute Gasteiger partial charge is 0.360 e. The zero-order valence-electron chi connectivity index (χ0n) is 6.00. The van der Waals surface area contributed by atoms with Crippen molar-refractivity contribution in [3.05, 3.63) is 17.5 Å². The quantitative estimate of drug-likeness (QED) is 0.580. The maximum Gasteiger partial charge on any atom is 0.146 e. The van der Waals surface area contributed by atoms with Crippen LogP contribution in [0.3, 0.4) is 0 Å². The van der Waals surface area contributed by atoms with Gasteiger partial charge in [-0.15, -0.1) is 0 Å². The summed E-state index contributed by atoms with van der Waals surface area (Å²) in [7, 11) is 0. The molecule has 54 valence electrons. The standard InChI is InChI=1S/C7H9NO2/c1-5(4-9)7-3-6(2)8-10-7/h3-5H,1-2H3. The molecule has 0 fully saturated rings. The molecule has 0 aliphatic heterocycles. The Kier molecular flexibility index (Phi) is 1.85. The first kappa shape index (κ1) is 6.99. The van der Waals surface area contributed by atoms with Crippen molar-refractivity contribution in [1.82, 2.24) is 5.16 Å². The highest BCUT2D eigenvalue weighted by molar-refractivity contribution is 5.59. The maximum absolute atomic E-state index is 10.2. The molecule has 0 bridgehead atoms. The van der Waals surface area contributed by atoms with Gasteiger partial charge in [0.25, 0.3) is 0 Å². The van der Waals surface area contributed by atoms with Crippen molar-refractivity contribution >= 4 is 6.29 Å². The third-order valence-corrected chi connectivity index (χ3v) is 1.30. The highest BCUT2D eigenvalue weighted by atomic mass is 16.5. The van der Waals surface area contributed by atoms with E-state index < -0.39 is 0 Å². The number of aldehydes is 1. The number of aryl methyl sites for hydroxylation is 1. The molecule has 0 saturated carbocycles. The highest BCUT2D eigenvalue weighted by Gasteiger charge is 2.08. The van der Waals surface area contributed by atoms with Crippen molar-refractivity contribution in [2.75, 3.05) is 0 Å². The minimum atomic E-state index is -0.179. The fraction of sp³-hybridized carbons (Fsp3) is 0.429. The number of carbonyl (C=O) groups is 1. The molecule has 1 rings (SSSR count). The lowest BCUT2D eigenvalue weighted by atomic mass is 10.1. The Morgan fingerprint density at radius 1 is 1.80 bits per heavy atom. The smallest absolute Gasteiger partial charge is 0.146 e. The van der Waals surface area contributed by atoms with Gasteiger partial charge in [-0.3, -0.25) is 0 Å². The van der Waals surface area contributed by atoms with E-state index in [1.807, 2.05) is 6.92 Å². The predicted octanol–water partition coefficient (Wildman–Crippen LogP) is 1.29. The van der Waals surface area contributed by atoms with Gasteiger partial charge in [-0.05, 0) is 13.8 Å². The van der Waals surface area contributed by atoms with Gasteiger partial charge in [-0.1, -0.05) is 5.16 Å². The van der Waals surface area contributed by atoms with E-state index >= 15 is 0 Å². The van der Waals surface area contributed by atoms with Gasteiger partial charge < -0.3 is 9.32 Å². The van der Waals surface area contributed by atoms with Gasteiger partial charge >= 0.3 is 0 Å². The van der Waals surface area contributed by atoms with Crippen molar-refractivity contribution in [3.63, 3.8) is 0 Å². The van der Waals surface area contributed by atoms with Crippen molar-refractivity contribution in [1.29, 1.82) is 0 Å². The van der Waals surface area contributed by atoms with Gasteiger partial charge in [0, 0.05) is 6.07 Å². The second-order valence-electron chi connectivity index (χ2n) is 2.30. The van der Waals surface area contributed by atoms with Crippen molar-refractivity contribution in [2.45, 2.75) is 19.8 Å². The molecule has 3 nitrogen and oxygen atoms in total. The lowest BCUT2D eigenvalue weighted by Crippen LogP contribution is -1.90. The summed E-state index contributed by atoms with van der Waals surface area (Å²) in [5, 5.41) is 3.65. The molecule has 0 saturated heterocycles. The van der Waals surface area contributed by atoms with E-state index in [2.05, 4.69) is 5.16 Å². The van der Waals surface area contributed by atoms with Gasteiger partial charge in [0.15, 0.2) is 0 Å². The van der Waals surface area contributed by atoms with Crippen LogP contribution in [-0.4, -0.2) is 11.4 Å². The van der Waals surface area contributed by atoms with Crippen LogP contribution < -0.4 is 0 Å². The summed E-state index contributed by atoms with van der Waals surface area (Å²) in [5.41, 5.74) is 0.809. The lowest BCUT2D eigenvalue weighted by Gasteiger charge is -1.91. The van der Waals surface area contributed by atoms with E-state index in [-0.39, 0.29) is 5.92 Å². The predicted molar refractivity (Wildman–Crippen MR) is 35.7 cm³/mol. The Hall–Kier alpha value is -1.12. The van der Waals surface area contributed by atoms with Gasteiger partial charge in [0.2, 0.25) is 0 Å². The van der Waals surface area contributed by atoms with Crippen LogP contribution in [0, 0.1) is 6.92 Å². The molecule has 0 aliphatic carbocycles. The van der Waals surface area contributed by atoms with Crippen LogP contribution in [-0.2, 0) is 4.79 Å². The topological polar surface area (TPSA) is 43.1 Å². The summed E-state index contributed by atoms with van der Waals surface area (Å²) in [6.45, 7) is 3.59. The second kappa shape index (κ2) is 2.64. The lowest BCUT2D eigenvalue weighted by molar-refractivity contribution is -0.109. The first-order chi connectivity index (χ1) is 4.74. The summed E-state index contributed by atoms with van der Waals surface area (Å²) in [6, 6.07) is 1.76. The molecule has 3 heteroatoms. The van der Waals surface area contributed by atoms with Crippen LogP contribution in [0.1, 0.15) is 24.3 Å². The SMILES string of the molecule is Cc1cc(C(C)C=O)on1. The summed E-state index contributed by atoms with van der Waals surface area (Å²) >= 11 is 0. The summed E-state index contributed by atoms with van der Waals surface area (Å²) in [4.78, 5) is 10.2. The Morgan fingerprint density at radius 2 is 2.50 bits per heavy atom. The van der Waals surface area contributed by atoms with E-state index in [1.54, 1.807) is 13.0 Å². The van der Waals surface area contributed by atoms with Gasteiger partial charge in [-0.25, -0.2) is 0 Å². The summed E-state index contributed by atoms with van der Waals surface area (Å²) in [6.07, 6.45) is 0.833. The Labute approximate surface area is 59.0 Å². The number of nitrogens with zero attached hydrogens (tertiary/aromatic N) is 1. The molecule has 0 amide bonds. The number of hydrogen-bond acceptors (Lipinski definition) is 3. The molecule has 10 heavy (non-hydrogen) atoms. The number of hydrogen-bond donors (Lipinski definition) is 0. The fourth-order valence-corrected chi connectivity index (χ4v) is 0.665. The average molecular weight is 139 g/mol. The second-order valence-corrected chi connectivity index (χ2v) is 2.30. The van der Waals surface area contributed by atoms with Gasteiger partial charge in [0.05, 0.1) is 11.6 Å². The number of carbonyl (C=O) groups excluding carboxylic acids is 1. The minimum Gasteiger partial charge on any atom is -0.360 e.